The van der Waals surface area contributed by atoms with E-state index >= 15 is 0 Å². The molecule has 2 rings (SSSR count). The van der Waals surface area contributed by atoms with Crippen LogP contribution in [0.1, 0.15) is 32.6 Å². The van der Waals surface area contributed by atoms with Gasteiger partial charge in [-0.15, -0.1) is 0 Å². The molecule has 0 aromatic heterocycles. The first kappa shape index (κ1) is 7.99. The van der Waals surface area contributed by atoms with Crippen LogP contribution in [0.25, 0.3) is 0 Å². The van der Waals surface area contributed by atoms with Gasteiger partial charge in [0.1, 0.15) is 0 Å². The minimum Gasteiger partial charge on any atom is -0.357 e. The molecule has 0 amide bonds. The van der Waals surface area contributed by atoms with E-state index in [0.717, 1.165) is 25.7 Å². The lowest BCUT2D eigenvalue weighted by atomic mass is 10.0. The molecule has 2 aliphatic rings. The van der Waals surface area contributed by atoms with Crippen molar-refractivity contribution in [1.29, 1.82) is 0 Å². The first-order valence-corrected chi connectivity index (χ1v) is 4.65. The zero-order chi connectivity index (χ0) is 8.60. The summed E-state index contributed by atoms with van der Waals surface area (Å²) < 4.78 is 5.40. The first-order valence-electron chi connectivity index (χ1n) is 4.65. The molecule has 2 heteroatoms. The summed E-state index contributed by atoms with van der Waals surface area (Å²) in [6, 6.07) is 0. The maximum atomic E-state index is 11.4. The minimum atomic E-state index is -0.355. The lowest BCUT2D eigenvalue weighted by Crippen LogP contribution is -2.20. The van der Waals surface area contributed by atoms with E-state index in [1.807, 2.05) is 0 Å². The molecule has 2 atom stereocenters. The number of hydrogen-bond donors (Lipinski definition) is 0. The summed E-state index contributed by atoms with van der Waals surface area (Å²) >= 11 is 0. The molecule has 0 N–H and O–H groups in total. The van der Waals surface area contributed by atoms with Gasteiger partial charge in [0.2, 0.25) is 0 Å². The standard InChI is InChI=1S/C10H14O2/c1-2-3-4-7-10-8(11)5-6-9(10)12-10/h3-4,9H,2,5-7H2,1H3/b4-3+. The van der Waals surface area contributed by atoms with Crippen molar-refractivity contribution < 1.29 is 9.53 Å². The van der Waals surface area contributed by atoms with Crippen LogP contribution in [0, 0.1) is 0 Å². The average Bonchev–Trinajstić information content (AvgIpc) is 2.70. The van der Waals surface area contributed by atoms with Crippen molar-refractivity contribution in [2.24, 2.45) is 0 Å². The molecule has 0 radical (unpaired) electrons. The third kappa shape index (κ3) is 1.02. The van der Waals surface area contributed by atoms with Gasteiger partial charge >= 0.3 is 0 Å². The normalized spacial score (nSPS) is 39.1. The lowest BCUT2D eigenvalue weighted by Gasteiger charge is -2.01. The maximum absolute atomic E-state index is 11.4. The SMILES string of the molecule is CC/C=C/CC12OC1CCC2=O. The van der Waals surface area contributed by atoms with Crippen LogP contribution in [-0.4, -0.2) is 17.5 Å². The Morgan fingerprint density at radius 1 is 1.67 bits per heavy atom. The van der Waals surface area contributed by atoms with Crippen LogP contribution in [0.5, 0.6) is 0 Å². The van der Waals surface area contributed by atoms with Gasteiger partial charge in [-0.1, -0.05) is 19.1 Å². The first-order chi connectivity index (χ1) is 5.79. The van der Waals surface area contributed by atoms with Crippen molar-refractivity contribution in [2.75, 3.05) is 0 Å². The predicted molar refractivity (Wildman–Crippen MR) is 45.9 cm³/mol. The molecular weight excluding hydrogens is 152 g/mol. The van der Waals surface area contributed by atoms with Crippen molar-refractivity contribution in [3.8, 4) is 0 Å². The van der Waals surface area contributed by atoms with Gasteiger partial charge in [0.15, 0.2) is 11.4 Å². The van der Waals surface area contributed by atoms with Crippen LogP contribution in [0.15, 0.2) is 12.2 Å². The quantitative estimate of drug-likeness (QED) is 0.473. The second-order valence-corrected chi connectivity index (χ2v) is 3.54. The van der Waals surface area contributed by atoms with Gasteiger partial charge in [-0.2, -0.15) is 0 Å². The number of allylic oxidation sites excluding steroid dienone is 1. The van der Waals surface area contributed by atoms with Crippen molar-refractivity contribution in [1.82, 2.24) is 0 Å². The summed E-state index contributed by atoms with van der Waals surface area (Å²) in [4.78, 5) is 11.4. The number of Topliss-reactive ketones (excluding diaryl/α,β-unsaturated/α-hetero) is 1. The van der Waals surface area contributed by atoms with Crippen LogP contribution in [0.4, 0.5) is 0 Å². The Hall–Kier alpha value is -0.630. The molecule has 1 heterocycles. The molecule has 0 aromatic rings. The van der Waals surface area contributed by atoms with Gasteiger partial charge in [-0.3, -0.25) is 4.79 Å². The fourth-order valence-electron chi connectivity index (χ4n) is 1.95. The van der Waals surface area contributed by atoms with Gasteiger partial charge in [-0.25, -0.2) is 0 Å². The summed E-state index contributed by atoms with van der Waals surface area (Å²) in [6.07, 6.45) is 7.93. The van der Waals surface area contributed by atoms with Gasteiger partial charge in [0.05, 0.1) is 6.10 Å². The monoisotopic (exact) mass is 166 g/mol. The van der Waals surface area contributed by atoms with Crippen LogP contribution < -0.4 is 0 Å². The zero-order valence-corrected chi connectivity index (χ0v) is 7.38. The largest absolute Gasteiger partial charge is 0.357 e. The maximum Gasteiger partial charge on any atom is 0.167 e. The van der Waals surface area contributed by atoms with Gasteiger partial charge in [0, 0.05) is 12.8 Å². The highest BCUT2D eigenvalue weighted by Crippen LogP contribution is 2.49. The number of ether oxygens (including phenoxy) is 1. The van der Waals surface area contributed by atoms with Gasteiger partial charge < -0.3 is 4.74 Å². The molecule has 12 heavy (non-hydrogen) atoms. The average molecular weight is 166 g/mol. The predicted octanol–water partition coefficient (Wildman–Crippen LogP) is 1.84. The Morgan fingerprint density at radius 3 is 3.00 bits per heavy atom. The third-order valence-corrected chi connectivity index (χ3v) is 2.74. The highest BCUT2D eigenvalue weighted by atomic mass is 16.6. The van der Waals surface area contributed by atoms with E-state index in [1.54, 1.807) is 0 Å². The molecule has 66 valence electrons. The number of ketones is 1. The van der Waals surface area contributed by atoms with Crippen LogP contribution >= 0.6 is 0 Å². The number of hydrogen-bond acceptors (Lipinski definition) is 2. The Balaban J connectivity index is 1.96. The van der Waals surface area contributed by atoms with E-state index in [9.17, 15) is 4.79 Å². The molecule has 1 aliphatic carbocycles. The van der Waals surface area contributed by atoms with E-state index in [4.69, 9.17) is 4.74 Å². The summed E-state index contributed by atoms with van der Waals surface area (Å²) in [5, 5.41) is 0. The Morgan fingerprint density at radius 2 is 2.50 bits per heavy atom. The molecule has 2 nitrogen and oxygen atoms in total. The van der Waals surface area contributed by atoms with Gasteiger partial charge in [-0.05, 0) is 12.8 Å². The number of fused-ring (bicyclic) bond motifs is 1. The minimum absolute atomic E-state index is 0.256. The molecular formula is C10H14O2. The number of carbonyl (C=O) groups excluding carboxylic acids is 1. The van der Waals surface area contributed by atoms with E-state index < -0.39 is 0 Å². The molecule has 0 bridgehead atoms. The lowest BCUT2D eigenvalue weighted by molar-refractivity contribution is -0.123. The molecule has 1 saturated carbocycles. The Labute approximate surface area is 72.6 Å². The smallest absolute Gasteiger partial charge is 0.167 e. The molecule has 2 fully saturated rings. The van der Waals surface area contributed by atoms with Crippen molar-refractivity contribution in [3.63, 3.8) is 0 Å². The molecule has 1 aliphatic heterocycles. The van der Waals surface area contributed by atoms with Crippen molar-refractivity contribution in [2.45, 2.75) is 44.3 Å². The fraction of sp³-hybridized carbons (Fsp3) is 0.700. The van der Waals surface area contributed by atoms with E-state index in [-0.39, 0.29) is 11.7 Å². The number of carbonyl (C=O) groups is 1. The van der Waals surface area contributed by atoms with Crippen LogP contribution in [-0.2, 0) is 9.53 Å². The highest BCUT2D eigenvalue weighted by Gasteiger charge is 2.64. The van der Waals surface area contributed by atoms with Crippen LogP contribution in [0.3, 0.4) is 0 Å². The van der Waals surface area contributed by atoms with Crippen molar-refractivity contribution in [3.05, 3.63) is 12.2 Å². The van der Waals surface area contributed by atoms with E-state index in [0.29, 0.717) is 5.78 Å². The third-order valence-electron chi connectivity index (χ3n) is 2.74. The molecule has 0 spiro atoms. The summed E-state index contributed by atoms with van der Waals surface area (Å²) in [6.45, 7) is 2.09. The second-order valence-electron chi connectivity index (χ2n) is 3.54. The Kier molecular flexibility index (Phi) is 1.80. The highest BCUT2D eigenvalue weighted by molar-refractivity contribution is 5.93. The van der Waals surface area contributed by atoms with E-state index in [1.165, 1.54) is 0 Å². The van der Waals surface area contributed by atoms with Crippen LogP contribution in [0.2, 0.25) is 0 Å². The molecule has 2 unspecified atom stereocenters. The summed E-state index contributed by atoms with van der Waals surface area (Å²) in [5.74, 6) is 0.313. The topological polar surface area (TPSA) is 29.6 Å². The zero-order valence-electron chi connectivity index (χ0n) is 7.38. The van der Waals surface area contributed by atoms with Crippen molar-refractivity contribution >= 4 is 5.78 Å². The Bertz CT molecular complexity index is 232. The molecule has 0 aromatic carbocycles. The summed E-state index contributed by atoms with van der Waals surface area (Å²) in [7, 11) is 0. The molecule has 1 saturated heterocycles. The van der Waals surface area contributed by atoms with E-state index in [2.05, 4.69) is 19.1 Å². The van der Waals surface area contributed by atoms with Gasteiger partial charge in [0.25, 0.3) is 0 Å². The second kappa shape index (κ2) is 2.70. The number of epoxide rings is 1. The fourth-order valence-corrected chi connectivity index (χ4v) is 1.95. The number of rotatable bonds is 3. The summed E-state index contributed by atoms with van der Waals surface area (Å²) in [5.41, 5.74) is -0.355.